The van der Waals surface area contributed by atoms with Gasteiger partial charge in [-0.2, -0.15) is 0 Å². The molecular formula is C13H16ClNO. The highest BCUT2D eigenvalue weighted by Crippen LogP contribution is 2.27. The maximum atomic E-state index is 11.0. The lowest BCUT2D eigenvalue weighted by Gasteiger charge is -2.33. The number of carbonyl (C=O) groups excluding carboxylic acids is 1. The van der Waals surface area contributed by atoms with Crippen molar-refractivity contribution in [3.05, 3.63) is 28.8 Å². The Bertz CT molecular complexity index is 392. The second-order valence-electron chi connectivity index (χ2n) is 4.51. The summed E-state index contributed by atoms with van der Waals surface area (Å²) in [5.74, 6) is 0.698. The summed E-state index contributed by atoms with van der Waals surface area (Å²) in [6, 6.07) is 5.54. The molecule has 1 aromatic rings. The van der Waals surface area contributed by atoms with Crippen LogP contribution in [-0.4, -0.2) is 19.4 Å². The van der Waals surface area contributed by atoms with Gasteiger partial charge in [-0.05, 0) is 37.0 Å². The van der Waals surface area contributed by atoms with Crippen molar-refractivity contribution in [3.63, 3.8) is 0 Å². The summed E-state index contributed by atoms with van der Waals surface area (Å²) in [4.78, 5) is 13.3. The molecule has 0 aromatic heterocycles. The van der Waals surface area contributed by atoms with Gasteiger partial charge < -0.3 is 4.90 Å². The largest absolute Gasteiger partial charge is 0.371 e. The minimum Gasteiger partial charge on any atom is -0.371 e. The van der Waals surface area contributed by atoms with E-state index in [1.165, 1.54) is 12.8 Å². The van der Waals surface area contributed by atoms with Gasteiger partial charge in [0.05, 0.1) is 0 Å². The van der Waals surface area contributed by atoms with Crippen LogP contribution < -0.4 is 4.90 Å². The molecule has 3 heteroatoms. The fourth-order valence-electron chi connectivity index (χ4n) is 2.32. The Morgan fingerprint density at radius 1 is 1.50 bits per heavy atom. The number of halogens is 1. The van der Waals surface area contributed by atoms with Gasteiger partial charge in [0.1, 0.15) is 0 Å². The smallest absolute Gasteiger partial charge is 0.152 e. The van der Waals surface area contributed by atoms with E-state index in [0.717, 1.165) is 25.1 Å². The highest BCUT2D eigenvalue weighted by molar-refractivity contribution is 6.31. The molecule has 0 radical (unpaired) electrons. The van der Waals surface area contributed by atoms with E-state index in [0.29, 0.717) is 16.5 Å². The number of benzene rings is 1. The van der Waals surface area contributed by atoms with Crippen LogP contribution >= 0.6 is 11.6 Å². The Morgan fingerprint density at radius 2 is 2.31 bits per heavy atom. The van der Waals surface area contributed by atoms with Crippen molar-refractivity contribution in [1.29, 1.82) is 0 Å². The Labute approximate surface area is 101 Å². The molecule has 1 aliphatic rings. The van der Waals surface area contributed by atoms with Crippen LogP contribution in [0, 0.1) is 5.92 Å². The minimum absolute atomic E-state index is 0.621. The number of nitrogens with zero attached hydrogens (tertiary/aromatic N) is 1. The zero-order chi connectivity index (χ0) is 11.5. The summed E-state index contributed by atoms with van der Waals surface area (Å²) in [7, 11) is 0. The quantitative estimate of drug-likeness (QED) is 0.735. The number of piperidine rings is 1. The van der Waals surface area contributed by atoms with Gasteiger partial charge in [0.2, 0.25) is 0 Å². The van der Waals surface area contributed by atoms with Gasteiger partial charge in [-0.1, -0.05) is 18.5 Å². The second kappa shape index (κ2) is 4.88. The third-order valence-electron chi connectivity index (χ3n) is 3.11. The average molecular weight is 238 g/mol. The molecular weight excluding hydrogens is 222 g/mol. The van der Waals surface area contributed by atoms with Gasteiger partial charge in [-0.3, -0.25) is 4.79 Å². The summed E-state index contributed by atoms with van der Waals surface area (Å²) >= 11 is 5.89. The first-order valence-corrected chi connectivity index (χ1v) is 6.08. The van der Waals surface area contributed by atoms with Gasteiger partial charge in [-0.15, -0.1) is 0 Å². The zero-order valence-corrected chi connectivity index (χ0v) is 10.2. The zero-order valence-electron chi connectivity index (χ0n) is 9.45. The van der Waals surface area contributed by atoms with E-state index in [1.807, 2.05) is 12.1 Å². The van der Waals surface area contributed by atoms with Crippen molar-refractivity contribution in [1.82, 2.24) is 0 Å². The summed E-state index contributed by atoms with van der Waals surface area (Å²) in [5, 5.41) is 0.621. The van der Waals surface area contributed by atoms with Crippen LogP contribution in [0.25, 0.3) is 0 Å². The Balaban J connectivity index is 2.28. The third-order valence-corrected chi connectivity index (χ3v) is 3.35. The molecule has 1 saturated heterocycles. The average Bonchev–Trinajstić information content (AvgIpc) is 2.28. The Hall–Kier alpha value is -1.02. The monoisotopic (exact) mass is 237 g/mol. The van der Waals surface area contributed by atoms with Crippen LogP contribution in [0.1, 0.15) is 30.1 Å². The van der Waals surface area contributed by atoms with Gasteiger partial charge in [-0.25, -0.2) is 0 Å². The molecule has 1 fully saturated rings. The van der Waals surface area contributed by atoms with Crippen molar-refractivity contribution >= 4 is 23.6 Å². The van der Waals surface area contributed by atoms with Crippen LogP contribution in [0.15, 0.2) is 18.2 Å². The standard InChI is InChI=1S/C13H16ClNO/c1-10-3-2-6-15(8-10)13-5-4-12(14)7-11(13)9-16/h4-5,7,9-10H,2-3,6,8H2,1H3. The summed E-state index contributed by atoms with van der Waals surface area (Å²) in [6.07, 6.45) is 3.36. The lowest BCUT2D eigenvalue weighted by Crippen LogP contribution is -2.34. The molecule has 1 aliphatic heterocycles. The van der Waals surface area contributed by atoms with E-state index in [1.54, 1.807) is 6.07 Å². The van der Waals surface area contributed by atoms with Crippen molar-refractivity contribution in [2.45, 2.75) is 19.8 Å². The minimum atomic E-state index is 0.621. The van der Waals surface area contributed by atoms with E-state index < -0.39 is 0 Å². The molecule has 1 unspecified atom stereocenters. The molecule has 2 nitrogen and oxygen atoms in total. The normalized spacial score (nSPS) is 20.9. The topological polar surface area (TPSA) is 20.3 Å². The number of aldehydes is 1. The van der Waals surface area contributed by atoms with Crippen LogP contribution in [0.5, 0.6) is 0 Å². The van der Waals surface area contributed by atoms with Crippen molar-refractivity contribution in [2.75, 3.05) is 18.0 Å². The van der Waals surface area contributed by atoms with E-state index in [9.17, 15) is 4.79 Å². The number of hydrogen-bond acceptors (Lipinski definition) is 2. The predicted molar refractivity (Wildman–Crippen MR) is 67.5 cm³/mol. The molecule has 1 heterocycles. The molecule has 0 spiro atoms. The maximum Gasteiger partial charge on any atom is 0.152 e. The second-order valence-corrected chi connectivity index (χ2v) is 4.95. The molecule has 0 saturated carbocycles. The fraction of sp³-hybridized carbons (Fsp3) is 0.462. The predicted octanol–water partition coefficient (Wildman–Crippen LogP) is 3.39. The molecule has 1 atom stereocenters. The van der Waals surface area contributed by atoms with E-state index in [-0.39, 0.29) is 0 Å². The highest BCUT2D eigenvalue weighted by atomic mass is 35.5. The number of carbonyl (C=O) groups is 1. The number of rotatable bonds is 2. The lowest BCUT2D eigenvalue weighted by molar-refractivity contribution is 0.112. The maximum absolute atomic E-state index is 11.0. The van der Waals surface area contributed by atoms with Crippen molar-refractivity contribution in [3.8, 4) is 0 Å². The SMILES string of the molecule is CC1CCCN(c2ccc(Cl)cc2C=O)C1. The summed E-state index contributed by atoms with van der Waals surface area (Å²) < 4.78 is 0. The first kappa shape index (κ1) is 11.5. The van der Waals surface area contributed by atoms with E-state index >= 15 is 0 Å². The lowest BCUT2D eigenvalue weighted by atomic mass is 9.99. The number of anilines is 1. The first-order chi connectivity index (χ1) is 7.70. The molecule has 1 aromatic carbocycles. The summed E-state index contributed by atoms with van der Waals surface area (Å²) in [6.45, 7) is 4.32. The van der Waals surface area contributed by atoms with Crippen molar-refractivity contribution in [2.24, 2.45) is 5.92 Å². The molecule has 86 valence electrons. The van der Waals surface area contributed by atoms with Gasteiger partial charge in [0.15, 0.2) is 6.29 Å². The van der Waals surface area contributed by atoms with Gasteiger partial charge in [0, 0.05) is 29.4 Å². The van der Waals surface area contributed by atoms with Gasteiger partial charge >= 0.3 is 0 Å². The van der Waals surface area contributed by atoms with Gasteiger partial charge in [0.25, 0.3) is 0 Å². The van der Waals surface area contributed by atoms with E-state index in [2.05, 4.69) is 11.8 Å². The molecule has 0 aliphatic carbocycles. The number of hydrogen-bond donors (Lipinski definition) is 0. The van der Waals surface area contributed by atoms with Crippen molar-refractivity contribution < 1.29 is 4.79 Å². The van der Waals surface area contributed by atoms with Crippen LogP contribution in [0.2, 0.25) is 5.02 Å². The molecule has 0 amide bonds. The fourth-order valence-corrected chi connectivity index (χ4v) is 2.50. The van der Waals surface area contributed by atoms with Crippen LogP contribution in [0.3, 0.4) is 0 Å². The van der Waals surface area contributed by atoms with Crippen LogP contribution in [-0.2, 0) is 0 Å². The third kappa shape index (κ3) is 2.38. The Morgan fingerprint density at radius 3 is 3.00 bits per heavy atom. The molecule has 0 bridgehead atoms. The summed E-state index contributed by atoms with van der Waals surface area (Å²) in [5.41, 5.74) is 1.72. The molecule has 0 N–H and O–H groups in total. The highest BCUT2D eigenvalue weighted by Gasteiger charge is 2.18. The Kier molecular flexibility index (Phi) is 3.49. The van der Waals surface area contributed by atoms with Crippen LogP contribution in [0.4, 0.5) is 5.69 Å². The molecule has 2 rings (SSSR count). The van der Waals surface area contributed by atoms with E-state index in [4.69, 9.17) is 11.6 Å². The molecule has 16 heavy (non-hydrogen) atoms. The first-order valence-electron chi connectivity index (χ1n) is 5.70.